The number of benzene rings is 2. The van der Waals surface area contributed by atoms with Gasteiger partial charge in [0.15, 0.2) is 0 Å². The number of sulfonamides is 1. The van der Waals surface area contributed by atoms with E-state index in [-0.39, 0.29) is 22.8 Å². The molecule has 0 atom stereocenters. The third kappa shape index (κ3) is 4.22. The van der Waals surface area contributed by atoms with E-state index in [1.165, 1.54) is 19.2 Å². The second kappa shape index (κ2) is 6.99. The van der Waals surface area contributed by atoms with Crippen LogP contribution < -0.4 is 9.46 Å². The summed E-state index contributed by atoms with van der Waals surface area (Å²) in [6.45, 7) is 0.0416. The predicted octanol–water partition coefficient (Wildman–Crippen LogP) is 2.53. The van der Waals surface area contributed by atoms with Gasteiger partial charge in [0.25, 0.3) is 0 Å². The first-order valence-electron chi connectivity index (χ1n) is 6.49. The number of halogens is 1. The average Bonchev–Trinajstić information content (AvgIpc) is 2.53. The van der Waals surface area contributed by atoms with Crippen LogP contribution in [0.1, 0.15) is 15.9 Å². The van der Waals surface area contributed by atoms with E-state index in [1.54, 1.807) is 24.3 Å². The van der Waals surface area contributed by atoms with Gasteiger partial charge in [-0.05, 0) is 35.9 Å². The summed E-state index contributed by atoms with van der Waals surface area (Å²) in [5.41, 5.74) is 0.573. The zero-order valence-corrected chi connectivity index (χ0v) is 13.7. The highest BCUT2D eigenvalue weighted by atomic mass is 35.5. The highest BCUT2D eigenvalue weighted by molar-refractivity contribution is 7.89. The number of nitrogens with one attached hydrogen (secondary N) is 1. The van der Waals surface area contributed by atoms with E-state index in [0.717, 1.165) is 6.07 Å². The molecule has 0 unspecified atom stereocenters. The Morgan fingerprint density at radius 3 is 2.43 bits per heavy atom. The van der Waals surface area contributed by atoms with Gasteiger partial charge in [-0.15, -0.1) is 0 Å². The van der Waals surface area contributed by atoms with Crippen molar-refractivity contribution in [3.63, 3.8) is 0 Å². The van der Waals surface area contributed by atoms with E-state index in [4.69, 9.17) is 21.4 Å². The maximum atomic E-state index is 12.4. The fourth-order valence-electron chi connectivity index (χ4n) is 1.88. The number of carboxylic acid groups (broad SMARTS) is 1. The zero-order chi connectivity index (χ0) is 17.0. The van der Waals surface area contributed by atoms with E-state index < -0.39 is 16.0 Å². The minimum absolute atomic E-state index is 0.0416. The Morgan fingerprint density at radius 1 is 1.22 bits per heavy atom. The average molecular weight is 356 g/mol. The molecule has 0 heterocycles. The van der Waals surface area contributed by atoms with Gasteiger partial charge in [0.1, 0.15) is 10.6 Å². The number of carboxylic acids is 1. The topological polar surface area (TPSA) is 92.7 Å². The van der Waals surface area contributed by atoms with Crippen molar-refractivity contribution in [3.8, 4) is 5.75 Å². The van der Waals surface area contributed by atoms with Crippen molar-refractivity contribution in [1.29, 1.82) is 0 Å². The molecule has 2 rings (SSSR count). The third-order valence-electron chi connectivity index (χ3n) is 3.08. The number of methoxy groups -OCH3 is 1. The number of hydrogen-bond acceptors (Lipinski definition) is 4. The molecule has 2 aromatic carbocycles. The molecule has 0 saturated heterocycles. The first-order valence-corrected chi connectivity index (χ1v) is 8.35. The third-order valence-corrected chi connectivity index (χ3v) is 4.75. The van der Waals surface area contributed by atoms with Crippen molar-refractivity contribution < 1.29 is 23.1 Å². The molecule has 23 heavy (non-hydrogen) atoms. The Labute approximate surface area is 138 Å². The Bertz CT molecular complexity index is 818. The van der Waals surface area contributed by atoms with Crippen molar-refractivity contribution >= 4 is 27.6 Å². The second-order valence-electron chi connectivity index (χ2n) is 4.62. The fourth-order valence-corrected chi connectivity index (χ4v) is 3.21. The van der Waals surface area contributed by atoms with Crippen LogP contribution in [-0.2, 0) is 16.6 Å². The maximum Gasteiger partial charge on any atom is 0.335 e. The van der Waals surface area contributed by atoms with E-state index in [1.807, 2.05) is 0 Å². The lowest BCUT2D eigenvalue weighted by atomic mass is 10.2. The van der Waals surface area contributed by atoms with Gasteiger partial charge < -0.3 is 9.84 Å². The number of aromatic carboxylic acids is 1. The molecule has 0 saturated carbocycles. The van der Waals surface area contributed by atoms with E-state index >= 15 is 0 Å². The number of carbonyl (C=O) groups is 1. The van der Waals surface area contributed by atoms with Gasteiger partial charge in [0.2, 0.25) is 10.0 Å². The van der Waals surface area contributed by atoms with Crippen molar-refractivity contribution in [2.75, 3.05) is 7.11 Å². The summed E-state index contributed by atoms with van der Waals surface area (Å²) in [5, 5.41) is 9.55. The molecule has 0 aliphatic heterocycles. The van der Waals surface area contributed by atoms with Gasteiger partial charge in [-0.2, -0.15) is 0 Å². The molecule has 0 radical (unpaired) electrons. The van der Waals surface area contributed by atoms with Crippen molar-refractivity contribution in [3.05, 3.63) is 58.6 Å². The molecule has 0 aliphatic carbocycles. The molecule has 122 valence electrons. The molecular weight excluding hydrogens is 342 g/mol. The van der Waals surface area contributed by atoms with Crippen LogP contribution in [-0.4, -0.2) is 26.6 Å². The maximum absolute atomic E-state index is 12.4. The number of ether oxygens (including phenoxy) is 1. The van der Waals surface area contributed by atoms with Gasteiger partial charge in [0.05, 0.1) is 12.7 Å². The highest BCUT2D eigenvalue weighted by Gasteiger charge is 2.21. The summed E-state index contributed by atoms with van der Waals surface area (Å²) >= 11 is 5.77. The van der Waals surface area contributed by atoms with E-state index in [2.05, 4.69) is 4.72 Å². The summed E-state index contributed by atoms with van der Waals surface area (Å²) in [6, 6.07) is 10.3. The van der Waals surface area contributed by atoms with Crippen LogP contribution >= 0.6 is 11.6 Å². The van der Waals surface area contributed by atoms with Crippen LogP contribution in [0.15, 0.2) is 47.4 Å². The summed E-state index contributed by atoms with van der Waals surface area (Å²) in [4.78, 5) is 10.8. The smallest absolute Gasteiger partial charge is 0.335 e. The molecule has 0 aromatic heterocycles. The number of rotatable bonds is 6. The Hall–Kier alpha value is -2.09. The van der Waals surface area contributed by atoms with Gasteiger partial charge in [-0.1, -0.05) is 23.7 Å². The van der Waals surface area contributed by atoms with Crippen LogP contribution in [0.3, 0.4) is 0 Å². The zero-order valence-electron chi connectivity index (χ0n) is 12.1. The van der Waals surface area contributed by atoms with Crippen molar-refractivity contribution in [1.82, 2.24) is 4.72 Å². The van der Waals surface area contributed by atoms with E-state index in [9.17, 15) is 13.2 Å². The lowest BCUT2D eigenvalue weighted by Crippen LogP contribution is -2.24. The molecule has 6 nitrogen and oxygen atoms in total. The Morgan fingerprint density at radius 2 is 1.87 bits per heavy atom. The molecule has 0 amide bonds. The van der Waals surface area contributed by atoms with Crippen LogP contribution in [0.25, 0.3) is 0 Å². The summed E-state index contributed by atoms with van der Waals surface area (Å²) in [7, 11) is -2.63. The molecular formula is C15H14ClNO5S. The normalized spacial score (nSPS) is 11.2. The van der Waals surface area contributed by atoms with Crippen molar-refractivity contribution in [2.45, 2.75) is 11.4 Å². The molecule has 0 aliphatic rings. The monoisotopic (exact) mass is 355 g/mol. The molecule has 2 N–H and O–H groups in total. The fraction of sp³-hybridized carbons (Fsp3) is 0.133. The highest BCUT2D eigenvalue weighted by Crippen LogP contribution is 2.25. The molecule has 0 spiro atoms. The number of hydrogen-bond donors (Lipinski definition) is 2. The van der Waals surface area contributed by atoms with Crippen LogP contribution in [0.4, 0.5) is 0 Å². The standard InChI is InChI=1S/C15H14ClNO5S/c1-22-13-7-4-11(15(18)19)8-14(13)23(20,21)17-9-10-2-5-12(16)6-3-10/h2-8,17H,9H2,1H3,(H,18,19). The van der Waals surface area contributed by atoms with Crippen LogP contribution in [0.2, 0.25) is 5.02 Å². The van der Waals surface area contributed by atoms with E-state index in [0.29, 0.717) is 10.6 Å². The predicted molar refractivity (Wildman–Crippen MR) is 85.4 cm³/mol. The summed E-state index contributed by atoms with van der Waals surface area (Å²) in [6.07, 6.45) is 0. The quantitative estimate of drug-likeness (QED) is 0.830. The summed E-state index contributed by atoms with van der Waals surface area (Å²) < 4.78 is 32.2. The molecule has 8 heteroatoms. The minimum atomic E-state index is -3.94. The lowest BCUT2D eigenvalue weighted by Gasteiger charge is -2.11. The second-order valence-corrected chi connectivity index (χ2v) is 6.79. The van der Waals surface area contributed by atoms with Gasteiger partial charge in [-0.3, -0.25) is 0 Å². The van der Waals surface area contributed by atoms with Crippen molar-refractivity contribution in [2.24, 2.45) is 0 Å². The van der Waals surface area contributed by atoms with Crippen LogP contribution in [0, 0.1) is 0 Å². The van der Waals surface area contributed by atoms with Gasteiger partial charge in [-0.25, -0.2) is 17.9 Å². The van der Waals surface area contributed by atoms with Gasteiger partial charge >= 0.3 is 5.97 Å². The molecule has 2 aromatic rings. The summed E-state index contributed by atoms with van der Waals surface area (Å²) in [5.74, 6) is -1.15. The first kappa shape index (κ1) is 17.3. The van der Waals surface area contributed by atoms with Crippen LogP contribution in [0.5, 0.6) is 5.75 Å². The Balaban J connectivity index is 2.29. The molecule has 0 bridgehead atoms. The molecule has 0 fully saturated rings. The lowest BCUT2D eigenvalue weighted by molar-refractivity contribution is 0.0696. The SMILES string of the molecule is COc1ccc(C(=O)O)cc1S(=O)(=O)NCc1ccc(Cl)cc1. The largest absolute Gasteiger partial charge is 0.495 e. The minimum Gasteiger partial charge on any atom is -0.495 e. The van der Waals surface area contributed by atoms with Gasteiger partial charge in [0, 0.05) is 11.6 Å². The Kier molecular flexibility index (Phi) is 5.25. The first-order chi connectivity index (χ1) is 10.8.